The number of hydrogen-bond acceptors (Lipinski definition) is 3. The van der Waals surface area contributed by atoms with Gasteiger partial charge in [0.1, 0.15) is 0 Å². The first-order chi connectivity index (χ1) is 12.7. The van der Waals surface area contributed by atoms with Crippen LogP contribution in [0.3, 0.4) is 0 Å². The Bertz CT molecular complexity index is 952. The lowest BCUT2D eigenvalue weighted by molar-refractivity contribution is -0.114. The van der Waals surface area contributed by atoms with E-state index in [1.165, 1.54) is 5.56 Å². The van der Waals surface area contributed by atoms with E-state index in [1.54, 1.807) is 23.4 Å². The lowest BCUT2D eigenvalue weighted by Gasteiger charge is -2.16. The fourth-order valence-electron chi connectivity index (χ4n) is 3.32. The number of benzene rings is 2. The summed E-state index contributed by atoms with van der Waals surface area (Å²) < 4.78 is 0. The second-order valence-corrected chi connectivity index (χ2v) is 6.35. The van der Waals surface area contributed by atoms with Crippen LogP contribution in [0.2, 0.25) is 0 Å². The van der Waals surface area contributed by atoms with Crippen molar-refractivity contribution in [3.05, 3.63) is 84.2 Å². The highest BCUT2D eigenvalue weighted by molar-refractivity contribution is 6.52. The van der Waals surface area contributed by atoms with E-state index < -0.39 is 11.7 Å². The first-order valence-corrected chi connectivity index (χ1v) is 8.68. The molecule has 0 atom stereocenters. The third-order valence-electron chi connectivity index (χ3n) is 4.66. The van der Waals surface area contributed by atoms with Gasteiger partial charge in [0.05, 0.1) is 11.3 Å². The molecule has 1 amide bonds. The van der Waals surface area contributed by atoms with Gasteiger partial charge < -0.3 is 4.90 Å². The average molecular weight is 342 g/mol. The minimum atomic E-state index is -0.434. The maximum absolute atomic E-state index is 12.4. The van der Waals surface area contributed by atoms with Crippen molar-refractivity contribution >= 4 is 17.4 Å². The molecule has 0 saturated heterocycles. The normalized spacial score (nSPS) is 13.2. The van der Waals surface area contributed by atoms with Crippen LogP contribution in [0.4, 0.5) is 5.69 Å². The second kappa shape index (κ2) is 6.92. The van der Waals surface area contributed by atoms with Crippen molar-refractivity contribution in [1.82, 2.24) is 4.98 Å². The summed E-state index contributed by atoms with van der Waals surface area (Å²) in [7, 11) is 0. The van der Waals surface area contributed by atoms with E-state index in [0.29, 0.717) is 17.8 Å². The van der Waals surface area contributed by atoms with Crippen molar-refractivity contribution < 1.29 is 9.59 Å². The minimum Gasteiger partial charge on any atom is -0.305 e. The maximum Gasteiger partial charge on any atom is 0.299 e. The summed E-state index contributed by atoms with van der Waals surface area (Å²) in [6, 6.07) is 19.5. The number of carbonyl (C=O) groups excluding carboxylic acids is 2. The van der Waals surface area contributed by atoms with Gasteiger partial charge in [-0.25, -0.2) is 0 Å². The van der Waals surface area contributed by atoms with Crippen LogP contribution in [0.5, 0.6) is 0 Å². The number of ketones is 1. The Morgan fingerprint density at radius 1 is 0.885 bits per heavy atom. The molecule has 1 aliphatic heterocycles. The molecule has 2 heterocycles. The largest absolute Gasteiger partial charge is 0.305 e. The molecule has 0 fully saturated rings. The van der Waals surface area contributed by atoms with Crippen molar-refractivity contribution in [2.45, 2.75) is 12.8 Å². The van der Waals surface area contributed by atoms with Gasteiger partial charge in [0.25, 0.3) is 11.7 Å². The molecule has 1 aliphatic rings. The highest BCUT2D eigenvalue weighted by Gasteiger charge is 2.35. The number of amides is 1. The molecule has 0 radical (unpaired) electrons. The van der Waals surface area contributed by atoms with Gasteiger partial charge in [-0.05, 0) is 42.2 Å². The summed E-state index contributed by atoms with van der Waals surface area (Å²) in [6.45, 7) is 0.540. The number of carbonyl (C=O) groups is 2. The van der Waals surface area contributed by atoms with E-state index in [9.17, 15) is 9.59 Å². The van der Waals surface area contributed by atoms with Crippen LogP contribution in [-0.4, -0.2) is 23.2 Å². The van der Waals surface area contributed by atoms with Crippen LogP contribution in [0.15, 0.2) is 73.1 Å². The van der Waals surface area contributed by atoms with Crippen molar-refractivity contribution in [2.24, 2.45) is 0 Å². The zero-order chi connectivity index (χ0) is 17.9. The van der Waals surface area contributed by atoms with Crippen molar-refractivity contribution in [3.63, 3.8) is 0 Å². The zero-order valence-corrected chi connectivity index (χ0v) is 14.3. The van der Waals surface area contributed by atoms with Gasteiger partial charge in [0, 0.05) is 24.5 Å². The fraction of sp³-hybridized carbons (Fsp3) is 0.136. The Hall–Kier alpha value is -3.27. The molecule has 1 aromatic heterocycles. The number of nitrogens with zero attached hydrogens (tertiary/aromatic N) is 2. The molecule has 26 heavy (non-hydrogen) atoms. The third-order valence-corrected chi connectivity index (χ3v) is 4.66. The number of rotatable bonds is 5. The molecule has 0 N–H and O–H groups in total. The van der Waals surface area contributed by atoms with Crippen LogP contribution in [0, 0.1) is 0 Å². The molecule has 0 aliphatic carbocycles. The second-order valence-electron chi connectivity index (χ2n) is 6.35. The predicted molar refractivity (Wildman–Crippen MR) is 101 cm³/mol. The number of fused-ring (bicyclic) bond motifs is 1. The summed E-state index contributed by atoms with van der Waals surface area (Å²) in [5.41, 5.74) is 4.25. The van der Waals surface area contributed by atoms with Gasteiger partial charge in [0.2, 0.25) is 0 Å². The molecule has 0 saturated carbocycles. The topological polar surface area (TPSA) is 50.3 Å². The molecule has 128 valence electrons. The SMILES string of the molecule is O=C1C(=O)N(CCCc2ccccc2)c2ccc(-c3cccnc3)cc21. The van der Waals surface area contributed by atoms with Gasteiger partial charge in [-0.15, -0.1) is 0 Å². The summed E-state index contributed by atoms with van der Waals surface area (Å²) in [6.07, 6.45) is 5.15. The Balaban J connectivity index is 1.54. The van der Waals surface area contributed by atoms with Crippen molar-refractivity contribution in [3.8, 4) is 11.1 Å². The molecule has 4 rings (SSSR count). The molecule has 0 spiro atoms. The summed E-state index contributed by atoms with van der Waals surface area (Å²) >= 11 is 0. The molecule has 4 heteroatoms. The van der Waals surface area contributed by atoms with Crippen LogP contribution in [0.25, 0.3) is 11.1 Å². The molecular formula is C22H18N2O2. The Labute approximate surface area is 152 Å². The van der Waals surface area contributed by atoms with Crippen LogP contribution in [-0.2, 0) is 11.2 Å². The van der Waals surface area contributed by atoms with Gasteiger partial charge in [0.15, 0.2) is 0 Å². The van der Waals surface area contributed by atoms with Crippen LogP contribution >= 0.6 is 0 Å². The zero-order valence-electron chi connectivity index (χ0n) is 14.3. The van der Waals surface area contributed by atoms with E-state index in [0.717, 1.165) is 24.0 Å². The first kappa shape index (κ1) is 16.2. The molecule has 2 aromatic carbocycles. The maximum atomic E-state index is 12.4. The number of aryl methyl sites for hydroxylation is 1. The molecule has 4 nitrogen and oxygen atoms in total. The Morgan fingerprint density at radius 2 is 1.73 bits per heavy atom. The molecular weight excluding hydrogens is 324 g/mol. The lowest BCUT2D eigenvalue weighted by atomic mass is 10.0. The fourth-order valence-corrected chi connectivity index (χ4v) is 3.32. The van der Waals surface area contributed by atoms with E-state index in [1.807, 2.05) is 42.5 Å². The molecule has 0 unspecified atom stereocenters. The standard InChI is InChI=1S/C22H18N2O2/c25-21-19-14-17(18-9-4-12-23-15-18)10-11-20(19)24(22(21)26)13-5-8-16-6-2-1-3-7-16/h1-4,6-7,9-12,14-15H,5,8,13H2. The van der Waals surface area contributed by atoms with E-state index in [4.69, 9.17) is 0 Å². The van der Waals surface area contributed by atoms with Crippen molar-refractivity contribution in [2.75, 3.05) is 11.4 Å². The molecule has 3 aromatic rings. The number of Topliss-reactive ketones (excluding diaryl/α,β-unsaturated/α-hetero) is 1. The summed E-state index contributed by atoms with van der Waals surface area (Å²) in [4.78, 5) is 30.5. The van der Waals surface area contributed by atoms with Gasteiger partial charge in [-0.2, -0.15) is 0 Å². The smallest absolute Gasteiger partial charge is 0.299 e. The quantitative estimate of drug-likeness (QED) is 0.661. The Kier molecular flexibility index (Phi) is 4.32. The Morgan fingerprint density at radius 3 is 2.50 bits per heavy atom. The number of pyridine rings is 1. The predicted octanol–water partition coefficient (Wildman–Crippen LogP) is 3.91. The third kappa shape index (κ3) is 3.02. The number of aromatic nitrogens is 1. The molecule has 0 bridgehead atoms. The van der Waals surface area contributed by atoms with Crippen LogP contribution < -0.4 is 4.90 Å². The minimum absolute atomic E-state index is 0.426. The van der Waals surface area contributed by atoms with Crippen LogP contribution in [0.1, 0.15) is 22.3 Å². The van der Waals surface area contributed by atoms with Crippen molar-refractivity contribution in [1.29, 1.82) is 0 Å². The van der Waals surface area contributed by atoms with Gasteiger partial charge >= 0.3 is 0 Å². The van der Waals surface area contributed by atoms with Gasteiger partial charge in [-0.3, -0.25) is 14.6 Å². The lowest BCUT2D eigenvalue weighted by Crippen LogP contribution is -2.30. The van der Waals surface area contributed by atoms with E-state index >= 15 is 0 Å². The summed E-state index contributed by atoms with van der Waals surface area (Å²) in [5, 5.41) is 0. The first-order valence-electron chi connectivity index (χ1n) is 8.68. The van der Waals surface area contributed by atoms with Gasteiger partial charge in [-0.1, -0.05) is 42.5 Å². The van der Waals surface area contributed by atoms with E-state index in [-0.39, 0.29) is 0 Å². The highest BCUT2D eigenvalue weighted by atomic mass is 16.2. The summed E-state index contributed by atoms with van der Waals surface area (Å²) in [5.74, 6) is -0.859. The number of anilines is 1. The monoisotopic (exact) mass is 342 g/mol. The highest BCUT2D eigenvalue weighted by Crippen LogP contribution is 2.33. The average Bonchev–Trinajstić information content (AvgIpc) is 2.94. The number of hydrogen-bond donors (Lipinski definition) is 0. The van der Waals surface area contributed by atoms with E-state index in [2.05, 4.69) is 17.1 Å².